The predicted octanol–water partition coefficient (Wildman–Crippen LogP) is 3.04. The van der Waals surface area contributed by atoms with Crippen LogP contribution in [0.3, 0.4) is 0 Å². The van der Waals surface area contributed by atoms with Crippen molar-refractivity contribution in [3.63, 3.8) is 0 Å². The third kappa shape index (κ3) is 6.01. The molecule has 1 fully saturated rings. The largest absolute Gasteiger partial charge is 0.433 e. The molecular formula is C20H23F2N3O2. The van der Waals surface area contributed by atoms with E-state index in [2.05, 4.69) is 32.0 Å². The Kier molecular flexibility index (Phi) is 6.73. The summed E-state index contributed by atoms with van der Waals surface area (Å²) < 4.78 is 29.4. The molecule has 27 heavy (non-hydrogen) atoms. The van der Waals surface area contributed by atoms with Crippen LogP contribution < -0.4 is 10.1 Å². The number of carbonyl (C=O) groups excluding carboxylic acids is 1. The van der Waals surface area contributed by atoms with Gasteiger partial charge in [0.2, 0.25) is 5.91 Å². The molecule has 0 radical (unpaired) electrons. The van der Waals surface area contributed by atoms with Gasteiger partial charge in [0.15, 0.2) is 0 Å². The van der Waals surface area contributed by atoms with Crippen LogP contribution in [0, 0.1) is 0 Å². The molecule has 0 spiro atoms. The van der Waals surface area contributed by atoms with Crippen LogP contribution in [0.5, 0.6) is 5.75 Å². The lowest BCUT2D eigenvalue weighted by Gasteiger charge is -2.34. The molecule has 1 saturated heterocycles. The maximum absolute atomic E-state index is 12.5. The molecule has 0 saturated carbocycles. The summed E-state index contributed by atoms with van der Waals surface area (Å²) in [6.45, 7) is 1.54. The second-order valence-electron chi connectivity index (χ2n) is 6.46. The number of benzene rings is 2. The Balaban J connectivity index is 1.46. The molecule has 0 unspecified atom stereocenters. The molecule has 1 aliphatic rings. The maximum atomic E-state index is 12.5. The van der Waals surface area contributed by atoms with E-state index in [-0.39, 0.29) is 23.9 Å². The van der Waals surface area contributed by atoms with E-state index in [0.717, 1.165) is 32.7 Å². The Bertz CT molecular complexity index is 735. The number of alkyl halides is 2. The van der Waals surface area contributed by atoms with Crippen LogP contribution in [-0.4, -0.2) is 55.0 Å². The normalized spacial score (nSPS) is 15.7. The number of carbonyl (C=O) groups is 1. The molecule has 1 aliphatic heterocycles. The first-order valence-corrected chi connectivity index (χ1v) is 8.92. The molecule has 1 N–H and O–H groups in total. The van der Waals surface area contributed by atoms with E-state index in [0.29, 0.717) is 0 Å². The van der Waals surface area contributed by atoms with E-state index in [4.69, 9.17) is 0 Å². The van der Waals surface area contributed by atoms with Crippen molar-refractivity contribution >= 4 is 11.6 Å². The topological polar surface area (TPSA) is 44.8 Å². The molecule has 0 atom stereocenters. The van der Waals surface area contributed by atoms with Gasteiger partial charge in [-0.1, -0.05) is 42.5 Å². The Morgan fingerprint density at radius 1 is 0.963 bits per heavy atom. The quantitative estimate of drug-likeness (QED) is 0.808. The Hall–Kier alpha value is -2.51. The van der Waals surface area contributed by atoms with Crippen molar-refractivity contribution in [2.45, 2.75) is 13.2 Å². The molecule has 7 heteroatoms. The molecule has 144 valence electrons. The number of para-hydroxylation sites is 2. The lowest BCUT2D eigenvalue weighted by molar-refractivity contribution is -0.117. The highest BCUT2D eigenvalue weighted by atomic mass is 19.3. The van der Waals surface area contributed by atoms with Crippen molar-refractivity contribution < 1.29 is 18.3 Å². The smallest absolute Gasteiger partial charge is 0.387 e. The zero-order valence-corrected chi connectivity index (χ0v) is 15.0. The minimum absolute atomic E-state index is 0.0338. The van der Waals surface area contributed by atoms with E-state index in [9.17, 15) is 13.6 Å². The number of nitrogens with zero attached hydrogens (tertiary/aromatic N) is 2. The lowest BCUT2D eigenvalue weighted by Crippen LogP contribution is -2.48. The fourth-order valence-corrected chi connectivity index (χ4v) is 3.11. The number of rotatable bonds is 7. The van der Waals surface area contributed by atoms with Crippen LogP contribution in [0.25, 0.3) is 0 Å². The van der Waals surface area contributed by atoms with Crippen LogP contribution in [0.1, 0.15) is 5.56 Å². The second-order valence-corrected chi connectivity index (χ2v) is 6.46. The number of nitrogens with one attached hydrogen (secondary N) is 1. The van der Waals surface area contributed by atoms with Crippen LogP contribution >= 0.6 is 0 Å². The predicted molar refractivity (Wildman–Crippen MR) is 99.9 cm³/mol. The van der Waals surface area contributed by atoms with Gasteiger partial charge in [-0.15, -0.1) is 0 Å². The van der Waals surface area contributed by atoms with Gasteiger partial charge in [0.1, 0.15) is 5.75 Å². The van der Waals surface area contributed by atoms with Crippen molar-refractivity contribution in [1.82, 2.24) is 9.80 Å². The fraction of sp³-hybridized carbons (Fsp3) is 0.350. The van der Waals surface area contributed by atoms with Gasteiger partial charge in [-0.25, -0.2) is 0 Å². The Morgan fingerprint density at radius 3 is 2.30 bits per heavy atom. The van der Waals surface area contributed by atoms with E-state index in [1.165, 1.54) is 11.6 Å². The second kappa shape index (κ2) is 9.43. The maximum Gasteiger partial charge on any atom is 0.387 e. The van der Waals surface area contributed by atoms with Gasteiger partial charge in [-0.2, -0.15) is 8.78 Å². The summed E-state index contributed by atoms with van der Waals surface area (Å²) in [5.74, 6) is -0.273. The van der Waals surface area contributed by atoms with Crippen molar-refractivity contribution in [2.75, 3.05) is 38.0 Å². The van der Waals surface area contributed by atoms with Gasteiger partial charge in [-0.3, -0.25) is 14.6 Å². The Morgan fingerprint density at radius 2 is 1.59 bits per heavy atom. The van der Waals surface area contributed by atoms with E-state index in [1.807, 2.05) is 18.2 Å². The number of halogens is 2. The molecule has 0 bridgehead atoms. The zero-order valence-electron chi connectivity index (χ0n) is 15.0. The first-order chi connectivity index (χ1) is 13.1. The molecule has 1 amide bonds. The molecule has 0 aliphatic carbocycles. The minimum atomic E-state index is -2.93. The summed E-state index contributed by atoms with van der Waals surface area (Å²) in [5, 5.41) is 2.66. The SMILES string of the molecule is O=C(CN1CCN(Cc2ccccc2)CC1)Nc1ccccc1OC(F)F. The first-order valence-electron chi connectivity index (χ1n) is 8.92. The summed E-state index contributed by atoms with van der Waals surface area (Å²) in [5.41, 5.74) is 1.53. The average molecular weight is 375 g/mol. The summed E-state index contributed by atoms with van der Waals surface area (Å²) in [6.07, 6.45) is 0. The molecule has 0 aromatic heterocycles. The number of hydrogen-bond acceptors (Lipinski definition) is 4. The molecule has 2 aromatic carbocycles. The van der Waals surface area contributed by atoms with Crippen molar-refractivity contribution in [1.29, 1.82) is 0 Å². The van der Waals surface area contributed by atoms with Gasteiger partial charge < -0.3 is 10.1 Å². The third-order valence-corrected chi connectivity index (χ3v) is 4.46. The van der Waals surface area contributed by atoms with Gasteiger partial charge in [0.05, 0.1) is 12.2 Å². The number of hydrogen-bond donors (Lipinski definition) is 1. The van der Waals surface area contributed by atoms with Crippen molar-refractivity contribution in [2.24, 2.45) is 0 Å². The zero-order chi connectivity index (χ0) is 19.1. The summed E-state index contributed by atoms with van der Waals surface area (Å²) in [4.78, 5) is 16.7. The lowest BCUT2D eigenvalue weighted by atomic mass is 10.2. The average Bonchev–Trinajstić information content (AvgIpc) is 2.65. The molecule has 1 heterocycles. The number of anilines is 1. The standard InChI is InChI=1S/C20H23F2N3O2/c21-20(22)27-18-9-5-4-8-17(18)23-19(26)15-25-12-10-24(11-13-25)14-16-6-2-1-3-7-16/h1-9,20H,10-15H2,(H,23,26). The third-order valence-electron chi connectivity index (χ3n) is 4.46. The van der Waals surface area contributed by atoms with E-state index >= 15 is 0 Å². The molecule has 2 aromatic rings. The fourth-order valence-electron chi connectivity index (χ4n) is 3.11. The molecule has 3 rings (SSSR count). The highest BCUT2D eigenvalue weighted by Crippen LogP contribution is 2.25. The number of ether oxygens (including phenoxy) is 1. The highest BCUT2D eigenvalue weighted by molar-refractivity contribution is 5.93. The van der Waals surface area contributed by atoms with Gasteiger partial charge >= 0.3 is 6.61 Å². The first kappa shape index (κ1) is 19.3. The number of amides is 1. The van der Waals surface area contributed by atoms with Gasteiger partial charge in [0, 0.05) is 32.7 Å². The highest BCUT2D eigenvalue weighted by Gasteiger charge is 2.20. The summed E-state index contributed by atoms with van der Waals surface area (Å²) >= 11 is 0. The summed E-state index contributed by atoms with van der Waals surface area (Å²) in [6, 6.07) is 16.5. The van der Waals surface area contributed by atoms with E-state index < -0.39 is 6.61 Å². The van der Waals surface area contributed by atoms with E-state index in [1.54, 1.807) is 18.2 Å². The number of piperazine rings is 1. The summed E-state index contributed by atoms with van der Waals surface area (Å²) in [7, 11) is 0. The van der Waals surface area contributed by atoms with Crippen LogP contribution in [-0.2, 0) is 11.3 Å². The van der Waals surface area contributed by atoms with Crippen molar-refractivity contribution in [3.8, 4) is 5.75 Å². The van der Waals surface area contributed by atoms with Crippen LogP contribution in [0.15, 0.2) is 54.6 Å². The monoisotopic (exact) mass is 375 g/mol. The molecular weight excluding hydrogens is 352 g/mol. The Labute approximate surface area is 157 Å². The minimum Gasteiger partial charge on any atom is -0.433 e. The molecule has 5 nitrogen and oxygen atoms in total. The van der Waals surface area contributed by atoms with Crippen LogP contribution in [0.4, 0.5) is 14.5 Å². The van der Waals surface area contributed by atoms with Gasteiger partial charge in [0.25, 0.3) is 0 Å². The van der Waals surface area contributed by atoms with Gasteiger partial charge in [-0.05, 0) is 17.7 Å². The van der Waals surface area contributed by atoms with Crippen molar-refractivity contribution in [3.05, 3.63) is 60.2 Å². The van der Waals surface area contributed by atoms with Crippen LogP contribution in [0.2, 0.25) is 0 Å².